The van der Waals surface area contributed by atoms with Gasteiger partial charge in [0.1, 0.15) is 5.15 Å². The van der Waals surface area contributed by atoms with Crippen LogP contribution in [0.15, 0.2) is 12.4 Å². The zero-order valence-corrected chi connectivity index (χ0v) is 9.94. The van der Waals surface area contributed by atoms with Crippen LogP contribution < -0.4 is 0 Å². The van der Waals surface area contributed by atoms with Gasteiger partial charge in [-0.25, -0.2) is 4.98 Å². The second-order valence-electron chi connectivity index (χ2n) is 4.16. The quantitative estimate of drug-likeness (QED) is 0.787. The topological polar surface area (TPSA) is 46.1 Å². The first-order valence-corrected chi connectivity index (χ1v) is 5.75. The van der Waals surface area contributed by atoms with Crippen molar-refractivity contribution in [2.24, 2.45) is 5.92 Å². The first kappa shape index (κ1) is 11.3. The molecule has 0 saturated carbocycles. The number of carbonyl (C=O) groups is 1. The van der Waals surface area contributed by atoms with E-state index in [9.17, 15) is 4.79 Å². The van der Waals surface area contributed by atoms with E-state index in [1.165, 1.54) is 6.20 Å². The summed E-state index contributed by atoms with van der Waals surface area (Å²) in [4.78, 5) is 21.3. The van der Waals surface area contributed by atoms with Crippen LogP contribution in [0.1, 0.15) is 19.0 Å². The van der Waals surface area contributed by atoms with Crippen LogP contribution in [0.4, 0.5) is 0 Å². The average molecular weight is 240 g/mol. The summed E-state index contributed by atoms with van der Waals surface area (Å²) in [6, 6.07) is 0. The Kier molecular flexibility index (Phi) is 3.39. The Morgan fingerprint density at radius 2 is 2.44 bits per heavy atom. The fraction of sp³-hybridized carbons (Fsp3) is 0.545. The molecule has 1 aromatic rings. The highest BCUT2D eigenvalue weighted by atomic mass is 35.5. The van der Waals surface area contributed by atoms with Crippen molar-refractivity contribution >= 4 is 17.5 Å². The number of hydrogen-bond donors (Lipinski definition) is 0. The summed E-state index contributed by atoms with van der Waals surface area (Å²) in [5, 5.41) is 0.430. The van der Waals surface area contributed by atoms with Crippen LogP contribution in [0, 0.1) is 5.92 Å². The number of carbonyl (C=O) groups excluding carboxylic acids is 1. The van der Waals surface area contributed by atoms with E-state index in [0.717, 1.165) is 31.6 Å². The monoisotopic (exact) mass is 239 g/mol. The van der Waals surface area contributed by atoms with Crippen LogP contribution in [-0.2, 0) is 11.2 Å². The SMILES string of the molecule is CC(=O)N1CC[C@H](Cc2cncc(Cl)n2)C1. The van der Waals surface area contributed by atoms with Crippen molar-refractivity contribution in [2.45, 2.75) is 19.8 Å². The van der Waals surface area contributed by atoms with E-state index < -0.39 is 0 Å². The van der Waals surface area contributed by atoms with Crippen molar-refractivity contribution < 1.29 is 4.79 Å². The maximum absolute atomic E-state index is 11.2. The highest BCUT2D eigenvalue weighted by molar-refractivity contribution is 6.29. The normalized spacial score (nSPS) is 20.1. The standard InChI is InChI=1S/C11H14ClN3O/c1-8(16)15-3-2-9(7-15)4-10-5-13-6-11(12)14-10/h5-6,9H,2-4,7H2,1H3/t9-/m1/s1. The lowest BCUT2D eigenvalue weighted by Gasteiger charge is -2.13. The molecule has 86 valence electrons. The molecule has 0 aromatic carbocycles. The molecule has 4 nitrogen and oxygen atoms in total. The van der Waals surface area contributed by atoms with Gasteiger partial charge in [-0.05, 0) is 18.8 Å². The first-order valence-electron chi connectivity index (χ1n) is 5.37. The summed E-state index contributed by atoms with van der Waals surface area (Å²) in [5.41, 5.74) is 0.905. The van der Waals surface area contributed by atoms with Gasteiger partial charge in [0.15, 0.2) is 0 Å². The van der Waals surface area contributed by atoms with Gasteiger partial charge >= 0.3 is 0 Å². The van der Waals surface area contributed by atoms with Gasteiger partial charge < -0.3 is 4.90 Å². The largest absolute Gasteiger partial charge is 0.343 e. The van der Waals surface area contributed by atoms with Crippen LogP contribution in [0.5, 0.6) is 0 Å². The van der Waals surface area contributed by atoms with Crippen molar-refractivity contribution in [3.8, 4) is 0 Å². The number of aromatic nitrogens is 2. The maximum atomic E-state index is 11.2. The summed E-state index contributed by atoms with van der Waals surface area (Å²) in [5.74, 6) is 0.636. The minimum absolute atomic E-state index is 0.152. The Morgan fingerprint density at radius 1 is 1.62 bits per heavy atom. The highest BCUT2D eigenvalue weighted by Crippen LogP contribution is 2.20. The number of halogens is 1. The van der Waals surface area contributed by atoms with Crippen molar-refractivity contribution in [3.05, 3.63) is 23.2 Å². The third-order valence-electron chi connectivity index (χ3n) is 2.88. The van der Waals surface area contributed by atoms with Crippen LogP contribution in [0.2, 0.25) is 5.15 Å². The molecule has 1 aliphatic heterocycles. The summed E-state index contributed by atoms with van der Waals surface area (Å²) >= 11 is 5.77. The third kappa shape index (κ3) is 2.70. The molecule has 5 heteroatoms. The van der Waals surface area contributed by atoms with Crippen molar-refractivity contribution in [1.82, 2.24) is 14.9 Å². The Hall–Kier alpha value is -1.16. The molecule has 1 aromatic heterocycles. The summed E-state index contributed by atoms with van der Waals surface area (Å²) in [6.45, 7) is 3.29. The second-order valence-corrected chi connectivity index (χ2v) is 4.54. The van der Waals surface area contributed by atoms with E-state index in [-0.39, 0.29) is 5.91 Å². The summed E-state index contributed by atoms with van der Waals surface area (Å²) < 4.78 is 0. The molecule has 2 heterocycles. The van der Waals surface area contributed by atoms with Crippen LogP contribution >= 0.6 is 11.6 Å². The van der Waals surface area contributed by atoms with Gasteiger partial charge in [-0.2, -0.15) is 0 Å². The summed E-state index contributed by atoms with van der Waals surface area (Å²) in [7, 11) is 0. The van der Waals surface area contributed by atoms with Crippen molar-refractivity contribution in [3.63, 3.8) is 0 Å². The molecule has 1 amide bonds. The predicted molar refractivity (Wildman–Crippen MR) is 61.1 cm³/mol. The molecule has 1 aliphatic rings. The van der Waals surface area contributed by atoms with E-state index >= 15 is 0 Å². The van der Waals surface area contributed by atoms with E-state index in [2.05, 4.69) is 9.97 Å². The van der Waals surface area contributed by atoms with Gasteiger partial charge in [-0.15, -0.1) is 0 Å². The molecule has 2 rings (SSSR count). The van der Waals surface area contributed by atoms with Crippen LogP contribution in [-0.4, -0.2) is 33.9 Å². The molecule has 1 atom stereocenters. The van der Waals surface area contributed by atoms with Crippen molar-refractivity contribution in [2.75, 3.05) is 13.1 Å². The molecule has 0 bridgehead atoms. The highest BCUT2D eigenvalue weighted by Gasteiger charge is 2.24. The molecular formula is C11H14ClN3O. The number of likely N-dealkylation sites (tertiary alicyclic amines) is 1. The van der Waals surface area contributed by atoms with Gasteiger partial charge in [0, 0.05) is 26.2 Å². The fourth-order valence-corrected chi connectivity index (χ4v) is 2.22. The lowest BCUT2D eigenvalue weighted by molar-refractivity contribution is -0.127. The zero-order valence-electron chi connectivity index (χ0n) is 9.19. The van der Waals surface area contributed by atoms with E-state index in [1.54, 1.807) is 13.1 Å². The van der Waals surface area contributed by atoms with Crippen molar-refractivity contribution in [1.29, 1.82) is 0 Å². The van der Waals surface area contributed by atoms with E-state index in [1.807, 2.05) is 4.90 Å². The number of rotatable bonds is 2. The maximum Gasteiger partial charge on any atom is 0.219 e. The zero-order chi connectivity index (χ0) is 11.5. The number of hydrogen-bond acceptors (Lipinski definition) is 3. The number of amides is 1. The first-order chi connectivity index (χ1) is 7.65. The summed E-state index contributed by atoms with van der Waals surface area (Å²) in [6.07, 6.45) is 5.15. The molecule has 0 radical (unpaired) electrons. The molecule has 0 aliphatic carbocycles. The predicted octanol–water partition coefficient (Wildman–Crippen LogP) is 1.54. The molecule has 0 N–H and O–H groups in total. The molecule has 0 spiro atoms. The van der Waals surface area contributed by atoms with E-state index in [4.69, 9.17) is 11.6 Å². The lowest BCUT2D eigenvalue weighted by Crippen LogP contribution is -2.26. The molecule has 1 saturated heterocycles. The second kappa shape index (κ2) is 4.78. The fourth-order valence-electron chi connectivity index (χ4n) is 2.06. The third-order valence-corrected chi connectivity index (χ3v) is 3.07. The van der Waals surface area contributed by atoms with Gasteiger partial charge in [-0.3, -0.25) is 9.78 Å². The molecular weight excluding hydrogens is 226 g/mol. The van der Waals surface area contributed by atoms with Crippen LogP contribution in [0.3, 0.4) is 0 Å². The minimum atomic E-state index is 0.152. The van der Waals surface area contributed by atoms with Gasteiger partial charge in [-0.1, -0.05) is 11.6 Å². The molecule has 16 heavy (non-hydrogen) atoms. The van der Waals surface area contributed by atoms with Gasteiger partial charge in [0.05, 0.1) is 11.9 Å². The number of nitrogens with zero attached hydrogens (tertiary/aromatic N) is 3. The Morgan fingerprint density at radius 3 is 3.06 bits per heavy atom. The minimum Gasteiger partial charge on any atom is -0.343 e. The van der Waals surface area contributed by atoms with Crippen LogP contribution in [0.25, 0.3) is 0 Å². The Balaban J connectivity index is 1.94. The Labute approximate surface area is 99.6 Å². The van der Waals surface area contributed by atoms with Gasteiger partial charge in [0.2, 0.25) is 5.91 Å². The smallest absolute Gasteiger partial charge is 0.219 e. The van der Waals surface area contributed by atoms with Gasteiger partial charge in [0.25, 0.3) is 0 Å². The Bertz CT molecular complexity index is 397. The average Bonchev–Trinajstić information content (AvgIpc) is 2.66. The molecule has 1 fully saturated rings. The lowest BCUT2D eigenvalue weighted by atomic mass is 10.0. The molecule has 0 unspecified atom stereocenters. The van der Waals surface area contributed by atoms with E-state index in [0.29, 0.717) is 11.1 Å².